The molecule has 1 aliphatic heterocycles. The van der Waals surface area contributed by atoms with Crippen molar-refractivity contribution in [1.82, 2.24) is 19.8 Å². The van der Waals surface area contributed by atoms with Crippen LogP contribution in [0.15, 0.2) is 23.7 Å². The highest BCUT2D eigenvalue weighted by Crippen LogP contribution is 2.31. The van der Waals surface area contributed by atoms with Gasteiger partial charge < -0.3 is 9.80 Å². The number of thiazole rings is 1. The Hall–Kier alpha value is -1.79. The van der Waals surface area contributed by atoms with Gasteiger partial charge in [0.15, 0.2) is 0 Å². The molecule has 0 unspecified atom stereocenters. The highest BCUT2D eigenvalue weighted by atomic mass is 32.1. The molecule has 1 atom stereocenters. The zero-order valence-corrected chi connectivity index (χ0v) is 15.3. The van der Waals surface area contributed by atoms with Crippen LogP contribution in [-0.2, 0) is 17.8 Å². The van der Waals surface area contributed by atoms with Crippen molar-refractivity contribution in [2.45, 2.75) is 38.8 Å². The van der Waals surface area contributed by atoms with Crippen LogP contribution in [0.25, 0.3) is 0 Å². The average molecular weight is 344 g/mol. The van der Waals surface area contributed by atoms with Crippen LogP contribution in [0.2, 0.25) is 0 Å². The predicted molar refractivity (Wildman–Crippen MR) is 95.9 cm³/mol. The molecular formula is C18H24N4OS. The number of hydrogen-bond donors (Lipinski definition) is 0. The van der Waals surface area contributed by atoms with Crippen LogP contribution >= 0.6 is 11.3 Å². The van der Waals surface area contributed by atoms with Gasteiger partial charge in [0, 0.05) is 24.7 Å². The van der Waals surface area contributed by atoms with Gasteiger partial charge in [-0.25, -0.2) is 4.98 Å². The molecule has 1 amide bonds. The fraction of sp³-hybridized carbons (Fsp3) is 0.500. The Kier molecular flexibility index (Phi) is 5.26. The number of rotatable bonds is 5. The van der Waals surface area contributed by atoms with Crippen LogP contribution in [-0.4, -0.2) is 46.3 Å². The molecule has 1 saturated heterocycles. The fourth-order valence-electron chi connectivity index (χ4n) is 3.21. The first-order chi connectivity index (χ1) is 11.5. The molecule has 3 rings (SSSR count). The van der Waals surface area contributed by atoms with E-state index in [1.807, 2.05) is 37.5 Å². The number of carbonyl (C=O) groups is 1. The third-order valence-corrected chi connectivity index (χ3v) is 5.08. The molecule has 1 aliphatic rings. The van der Waals surface area contributed by atoms with Crippen molar-refractivity contribution in [3.63, 3.8) is 0 Å². The van der Waals surface area contributed by atoms with Crippen molar-refractivity contribution in [3.05, 3.63) is 45.7 Å². The molecule has 0 aromatic carbocycles. The third kappa shape index (κ3) is 3.99. The molecule has 6 heteroatoms. The first kappa shape index (κ1) is 17.0. The van der Waals surface area contributed by atoms with Gasteiger partial charge in [0.05, 0.1) is 28.9 Å². The Morgan fingerprint density at radius 2 is 2.25 bits per heavy atom. The lowest BCUT2D eigenvalue weighted by atomic mass is 10.1. The normalized spacial score (nSPS) is 17.7. The second-order valence-corrected chi connectivity index (χ2v) is 7.67. The smallest absolute Gasteiger partial charge is 0.229 e. The van der Waals surface area contributed by atoms with Crippen molar-refractivity contribution in [1.29, 1.82) is 0 Å². The summed E-state index contributed by atoms with van der Waals surface area (Å²) in [6.45, 7) is 3.66. The number of amides is 1. The lowest BCUT2D eigenvalue weighted by molar-refractivity contribution is -0.131. The van der Waals surface area contributed by atoms with Crippen LogP contribution in [0.3, 0.4) is 0 Å². The van der Waals surface area contributed by atoms with Gasteiger partial charge in [0.25, 0.3) is 0 Å². The summed E-state index contributed by atoms with van der Waals surface area (Å²) in [5.41, 5.74) is 3.07. The monoisotopic (exact) mass is 344 g/mol. The molecule has 0 radical (unpaired) electrons. The fourth-order valence-corrected chi connectivity index (χ4v) is 3.82. The van der Waals surface area contributed by atoms with Crippen LogP contribution in [0.1, 0.15) is 40.8 Å². The molecule has 3 heterocycles. The molecule has 0 saturated carbocycles. The maximum absolute atomic E-state index is 12.7. The Labute approximate surface area is 147 Å². The standard InChI is InChI=1S/C18H24N4OS/c1-13-20-15(12-24-13)9-18(23)22-8-4-5-17(22)16-7-6-14(10-19-16)11-21(2)3/h6-7,10,12,17H,4-5,8-9,11H2,1-3H3/t17-/m0/s1. The molecule has 2 aromatic rings. The van der Waals surface area contributed by atoms with E-state index < -0.39 is 0 Å². The Morgan fingerprint density at radius 1 is 1.42 bits per heavy atom. The van der Waals surface area contributed by atoms with Gasteiger partial charge in [0.2, 0.25) is 5.91 Å². The van der Waals surface area contributed by atoms with Gasteiger partial charge in [-0.15, -0.1) is 11.3 Å². The topological polar surface area (TPSA) is 49.3 Å². The summed E-state index contributed by atoms with van der Waals surface area (Å²) < 4.78 is 0. The highest BCUT2D eigenvalue weighted by Gasteiger charge is 2.31. The molecule has 0 bridgehead atoms. The molecule has 24 heavy (non-hydrogen) atoms. The van der Waals surface area contributed by atoms with E-state index in [4.69, 9.17) is 0 Å². The van der Waals surface area contributed by atoms with Crippen molar-refractivity contribution in [2.75, 3.05) is 20.6 Å². The molecule has 0 aliphatic carbocycles. The van der Waals surface area contributed by atoms with E-state index >= 15 is 0 Å². The Morgan fingerprint density at radius 3 is 2.88 bits per heavy atom. The van der Waals surface area contributed by atoms with Gasteiger partial charge >= 0.3 is 0 Å². The number of hydrogen-bond acceptors (Lipinski definition) is 5. The second-order valence-electron chi connectivity index (χ2n) is 6.61. The van der Waals surface area contributed by atoms with E-state index in [-0.39, 0.29) is 11.9 Å². The maximum atomic E-state index is 12.7. The van der Waals surface area contributed by atoms with Crippen LogP contribution in [0.5, 0.6) is 0 Å². The minimum atomic E-state index is 0.102. The summed E-state index contributed by atoms with van der Waals surface area (Å²) in [5, 5.41) is 2.99. The van der Waals surface area contributed by atoms with Crippen molar-refractivity contribution >= 4 is 17.2 Å². The molecule has 0 N–H and O–H groups in total. The van der Waals surface area contributed by atoms with E-state index in [0.29, 0.717) is 6.42 Å². The zero-order chi connectivity index (χ0) is 17.1. The first-order valence-corrected chi connectivity index (χ1v) is 9.21. The van der Waals surface area contributed by atoms with E-state index in [9.17, 15) is 4.79 Å². The number of nitrogens with zero attached hydrogens (tertiary/aromatic N) is 4. The van der Waals surface area contributed by atoms with Gasteiger partial charge in [0.1, 0.15) is 0 Å². The number of likely N-dealkylation sites (tertiary alicyclic amines) is 1. The Bertz CT molecular complexity index is 695. The summed E-state index contributed by atoms with van der Waals surface area (Å²) in [7, 11) is 4.09. The van der Waals surface area contributed by atoms with Crippen molar-refractivity contribution in [3.8, 4) is 0 Å². The summed E-state index contributed by atoms with van der Waals surface area (Å²) >= 11 is 1.59. The van der Waals surface area contributed by atoms with E-state index in [0.717, 1.165) is 42.3 Å². The van der Waals surface area contributed by atoms with E-state index in [2.05, 4.69) is 27.0 Å². The van der Waals surface area contributed by atoms with Crippen LogP contribution in [0.4, 0.5) is 0 Å². The van der Waals surface area contributed by atoms with E-state index in [1.165, 1.54) is 5.56 Å². The van der Waals surface area contributed by atoms with Crippen molar-refractivity contribution < 1.29 is 4.79 Å². The van der Waals surface area contributed by atoms with Gasteiger partial charge in [-0.2, -0.15) is 0 Å². The van der Waals surface area contributed by atoms with Crippen molar-refractivity contribution in [2.24, 2.45) is 0 Å². The largest absolute Gasteiger partial charge is 0.334 e. The van der Waals surface area contributed by atoms with Crippen LogP contribution < -0.4 is 0 Å². The number of pyridine rings is 1. The maximum Gasteiger partial charge on any atom is 0.229 e. The summed E-state index contributed by atoms with van der Waals surface area (Å²) in [6.07, 6.45) is 4.34. The molecule has 2 aromatic heterocycles. The zero-order valence-electron chi connectivity index (χ0n) is 14.5. The summed E-state index contributed by atoms with van der Waals surface area (Å²) in [5.74, 6) is 0.155. The lowest BCUT2D eigenvalue weighted by Crippen LogP contribution is -2.32. The predicted octanol–water partition coefficient (Wildman–Crippen LogP) is 2.81. The van der Waals surface area contributed by atoms with Gasteiger partial charge in [-0.05, 0) is 45.5 Å². The quantitative estimate of drug-likeness (QED) is 0.837. The molecule has 128 valence electrons. The summed E-state index contributed by atoms with van der Waals surface area (Å²) in [4.78, 5) is 25.8. The van der Waals surface area contributed by atoms with Crippen LogP contribution in [0, 0.1) is 6.92 Å². The lowest BCUT2D eigenvalue weighted by Gasteiger charge is -2.24. The number of aryl methyl sites for hydroxylation is 1. The summed E-state index contributed by atoms with van der Waals surface area (Å²) in [6, 6.07) is 4.29. The minimum absolute atomic E-state index is 0.102. The SMILES string of the molecule is Cc1nc(CC(=O)N2CCC[C@H]2c2ccc(CN(C)C)cn2)cs1. The molecule has 0 spiro atoms. The minimum Gasteiger partial charge on any atom is -0.334 e. The molecule has 1 fully saturated rings. The first-order valence-electron chi connectivity index (χ1n) is 8.33. The third-order valence-electron chi connectivity index (χ3n) is 4.26. The highest BCUT2D eigenvalue weighted by molar-refractivity contribution is 7.09. The molecular weight excluding hydrogens is 320 g/mol. The van der Waals surface area contributed by atoms with Gasteiger partial charge in [-0.3, -0.25) is 9.78 Å². The number of aromatic nitrogens is 2. The number of carbonyl (C=O) groups excluding carboxylic acids is 1. The molecule has 5 nitrogen and oxygen atoms in total. The second kappa shape index (κ2) is 7.40. The average Bonchev–Trinajstić information content (AvgIpc) is 3.16. The van der Waals surface area contributed by atoms with E-state index in [1.54, 1.807) is 11.3 Å². The van der Waals surface area contributed by atoms with Gasteiger partial charge in [-0.1, -0.05) is 6.07 Å². The Balaban J connectivity index is 1.69.